The maximum Gasteiger partial charge on any atom is 0.115 e. The number of carboxylic acids is 1. The summed E-state index contributed by atoms with van der Waals surface area (Å²) in [4.78, 5) is 11.6. The van der Waals surface area contributed by atoms with E-state index in [1.165, 1.54) is 0 Å². The first-order chi connectivity index (χ1) is 11.2. The van der Waals surface area contributed by atoms with Crippen LogP contribution in [0, 0.1) is 11.8 Å². The Morgan fingerprint density at radius 3 is 1.62 bits per heavy atom. The Kier molecular flexibility index (Phi) is 5.17. The van der Waals surface area contributed by atoms with Crippen LogP contribution < -0.4 is 5.11 Å². The summed E-state index contributed by atoms with van der Waals surface area (Å²) in [5.41, 5.74) is 1.21. The molecule has 4 heteroatoms. The second-order valence-electron chi connectivity index (χ2n) is 6.80. The summed E-state index contributed by atoms with van der Waals surface area (Å²) in [5.74, 6) is -1.42. The Morgan fingerprint density at radius 2 is 1.33 bits per heavy atom. The molecule has 1 unspecified atom stereocenters. The van der Waals surface area contributed by atoms with E-state index in [9.17, 15) is 20.1 Å². The smallest absolute Gasteiger partial charge is 0.115 e. The van der Waals surface area contributed by atoms with Gasteiger partial charge in [0.15, 0.2) is 0 Å². The van der Waals surface area contributed by atoms with Crippen LogP contribution >= 0.6 is 0 Å². The Balaban J connectivity index is 2.53. The molecule has 0 aliphatic rings. The van der Waals surface area contributed by atoms with E-state index in [1.54, 1.807) is 48.5 Å². The molecular weight excluding hydrogens is 304 g/mol. The van der Waals surface area contributed by atoms with Gasteiger partial charge in [-0.3, -0.25) is 0 Å². The van der Waals surface area contributed by atoms with Gasteiger partial charge in [0.05, 0.1) is 0 Å². The fraction of sp³-hybridized carbons (Fsp3) is 0.350. The molecule has 0 fully saturated rings. The third-order valence-corrected chi connectivity index (χ3v) is 4.74. The van der Waals surface area contributed by atoms with Gasteiger partial charge in [0, 0.05) is 17.3 Å². The molecular formula is C20H23O4-. The summed E-state index contributed by atoms with van der Waals surface area (Å²) in [5, 5.41) is 30.7. The predicted octanol–water partition coefficient (Wildman–Crippen LogP) is 2.82. The number of benzene rings is 2. The zero-order valence-corrected chi connectivity index (χ0v) is 14.2. The highest BCUT2D eigenvalue weighted by atomic mass is 16.4. The molecule has 0 saturated heterocycles. The molecule has 0 aliphatic carbocycles. The average molecular weight is 327 g/mol. The van der Waals surface area contributed by atoms with Gasteiger partial charge in [0.25, 0.3) is 0 Å². The zero-order valence-electron chi connectivity index (χ0n) is 14.2. The average Bonchev–Trinajstić information content (AvgIpc) is 2.53. The second kappa shape index (κ2) is 6.95. The van der Waals surface area contributed by atoms with Gasteiger partial charge < -0.3 is 20.1 Å². The molecule has 4 nitrogen and oxygen atoms in total. The van der Waals surface area contributed by atoms with Crippen molar-refractivity contribution in [3.8, 4) is 11.5 Å². The van der Waals surface area contributed by atoms with Crippen molar-refractivity contribution < 1.29 is 20.1 Å². The standard InChI is InChI=1S/C20H24O4/c1-13(2)18(19(23)24)12-20(3,14-4-8-16(21)9-5-14)15-6-10-17(22)11-7-15/h4-11,13,18,21-22H,12H2,1-3H3,(H,23,24)/p-1. The minimum Gasteiger partial charge on any atom is -0.550 e. The van der Waals surface area contributed by atoms with Crippen LogP contribution in [0.4, 0.5) is 0 Å². The van der Waals surface area contributed by atoms with Crippen LogP contribution in [0.2, 0.25) is 0 Å². The fourth-order valence-electron chi connectivity index (χ4n) is 3.09. The normalized spacial score (nSPS) is 13.0. The van der Waals surface area contributed by atoms with Crippen LogP contribution in [0.5, 0.6) is 11.5 Å². The third kappa shape index (κ3) is 3.70. The minimum atomic E-state index is -1.06. The van der Waals surface area contributed by atoms with Crippen LogP contribution in [0.25, 0.3) is 0 Å². The summed E-state index contributed by atoms with van der Waals surface area (Å²) in [6, 6.07) is 13.6. The van der Waals surface area contributed by atoms with Crippen LogP contribution in [0.3, 0.4) is 0 Å². The molecule has 0 aromatic heterocycles. The summed E-state index contributed by atoms with van der Waals surface area (Å²) >= 11 is 0. The topological polar surface area (TPSA) is 80.6 Å². The first-order valence-corrected chi connectivity index (χ1v) is 8.04. The first-order valence-electron chi connectivity index (χ1n) is 8.04. The predicted molar refractivity (Wildman–Crippen MR) is 90.6 cm³/mol. The molecule has 0 amide bonds. The van der Waals surface area contributed by atoms with E-state index >= 15 is 0 Å². The molecule has 0 spiro atoms. The molecule has 24 heavy (non-hydrogen) atoms. The molecule has 2 N–H and O–H groups in total. The Hall–Kier alpha value is -2.49. The summed E-state index contributed by atoms with van der Waals surface area (Å²) in [7, 11) is 0. The van der Waals surface area contributed by atoms with Crippen molar-refractivity contribution in [2.24, 2.45) is 11.8 Å². The monoisotopic (exact) mass is 327 g/mol. The Bertz CT molecular complexity index is 641. The SMILES string of the molecule is CC(C)C(CC(C)(c1ccc(O)cc1)c1ccc(O)cc1)C(=O)[O-]. The van der Waals surface area contributed by atoms with E-state index in [0.717, 1.165) is 11.1 Å². The lowest BCUT2D eigenvalue weighted by molar-refractivity contribution is -0.313. The number of carbonyl (C=O) groups excluding carboxylic acids is 1. The minimum absolute atomic E-state index is 0.0662. The van der Waals surface area contributed by atoms with Crippen LogP contribution in [-0.2, 0) is 10.2 Å². The largest absolute Gasteiger partial charge is 0.550 e. The maximum absolute atomic E-state index is 11.6. The van der Waals surface area contributed by atoms with Crippen LogP contribution in [0.15, 0.2) is 48.5 Å². The highest BCUT2D eigenvalue weighted by Gasteiger charge is 2.33. The van der Waals surface area contributed by atoms with E-state index < -0.39 is 17.3 Å². The number of phenols is 2. The number of carboxylic acid groups (broad SMARTS) is 1. The lowest BCUT2D eigenvalue weighted by Crippen LogP contribution is -2.39. The van der Waals surface area contributed by atoms with Gasteiger partial charge in [-0.25, -0.2) is 0 Å². The molecule has 2 rings (SSSR count). The molecule has 128 valence electrons. The van der Waals surface area contributed by atoms with Crippen molar-refractivity contribution >= 4 is 5.97 Å². The molecule has 0 bridgehead atoms. The molecule has 2 aromatic rings. The van der Waals surface area contributed by atoms with Crippen molar-refractivity contribution in [3.05, 3.63) is 59.7 Å². The van der Waals surface area contributed by atoms with Crippen molar-refractivity contribution in [2.45, 2.75) is 32.6 Å². The quantitative estimate of drug-likeness (QED) is 0.855. The van der Waals surface area contributed by atoms with E-state index in [-0.39, 0.29) is 17.4 Å². The summed E-state index contributed by atoms with van der Waals surface area (Å²) in [6.07, 6.45) is 0.364. The van der Waals surface area contributed by atoms with Crippen molar-refractivity contribution in [2.75, 3.05) is 0 Å². The molecule has 0 heterocycles. The molecule has 1 atom stereocenters. The van der Waals surface area contributed by atoms with Gasteiger partial charge in [-0.1, -0.05) is 45.0 Å². The number of rotatable bonds is 6. The van der Waals surface area contributed by atoms with Gasteiger partial charge in [0.1, 0.15) is 11.5 Å². The molecule has 0 radical (unpaired) electrons. The molecule has 0 saturated carbocycles. The summed E-state index contributed by atoms with van der Waals surface area (Å²) < 4.78 is 0. The highest BCUT2D eigenvalue weighted by Crippen LogP contribution is 2.40. The van der Waals surface area contributed by atoms with E-state index in [2.05, 4.69) is 0 Å². The lowest BCUT2D eigenvalue weighted by Gasteiger charge is -2.36. The van der Waals surface area contributed by atoms with Gasteiger partial charge >= 0.3 is 0 Å². The molecule has 0 aliphatic heterocycles. The third-order valence-electron chi connectivity index (χ3n) is 4.74. The number of hydrogen-bond acceptors (Lipinski definition) is 4. The second-order valence-corrected chi connectivity index (χ2v) is 6.80. The van der Waals surface area contributed by atoms with Gasteiger partial charge in [-0.05, 0) is 47.7 Å². The zero-order chi connectivity index (χ0) is 17.9. The number of aromatic hydroxyl groups is 2. The number of aliphatic carboxylic acids is 1. The van der Waals surface area contributed by atoms with E-state index in [1.807, 2.05) is 20.8 Å². The van der Waals surface area contributed by atoms with Gasteiger partial charge in [-0.2, -0.15) is 0 Å². The Labute approximate surface area is 142 Å². The summed E-state index contributed by atoms with van der Waals surface area (Å²) in [6.45, 7) is 5.72. The van der Waals surface area contributed by atoms with Crippen LogP contribution in [0.1, 0.15) is 38.3 Å². The number of phenolic OH excluding ortho intramolecular Hbond substituents is 2. The first kappa shape index (κ1) is 17.9. The number of hydrogen-bond donors (Lipinski definition) is 2. The fourth-order valence-corrected chi connectivity index (χ4v) is 3.09. The van der Waals surface area contributed by atoms with Crippen LogP contribution in [-0.4, -0.2) is 16.2 Å². The van der Waals surface area contributed by atoms with Crippen molar-refractivity contribution in [3.63, 3.8) is 0 Å². The van der Waals surface area contributed by atoms with E-state index in [0.29, 0.717) is 6.42 Å². The van der Waals surface area contributed by atoms with Crippen molar-refractivity contribution in [1.82, 2.24) is 0 Å². The van der Waals surface area contributed by atoms with E-state index in [4.69, 9.17) is 0 Å². The van der Waals surface area contributed by atoms with Crippen molar-refractivity contribution in [1.29, 1.82) is 0 Å². The Morgan fingerprint density at radius 1 is 0.958 bits per heavy atom. The lowest BCUT2D eigenvalue weighted by atomic mass is 9.68. The van der Waals surface area contributed by atoms with Gasteiger partial charge in [-0.15, -0.1) is 0 Å². The maximum atomic E-state index is 11.6. The molecule has 2 aromatic carbocycles. The number of carbonyl (C=O) groups is 1. The van der Waals surface area contributed by atoms with Gasteiger partial charge in [0.2, 0.25) is 0 Å². The highest BCUT2D eigenvalue weighted by molar-refractivity contribution is 5.68.